The summed E-state index contributed by atoms with van der Waals surface area (Å²) in [7, 11) is -3.60. The van der Waals surface area contributed by atoms with Crippen LogP contribution in [0.5, 0.6) is 0 Å². The van der Waals surface area contributed by atoms with Gasteiger partial charge in [0.15, 0.2) is 0 Å². The number of thioether (sulfide) groups is 1. The van der Waals surface area contributed by atoms with E-state index in [1.165, 1.54) is 16.1 Å². The average molecular weight is 541 g/mol. The summed E-state index contributed by atoms with van der Waals surface area (Å²) >= 11 is 14.3. The van der Waals surface area contributed by atoms with Crippen LogP contribution in [0.25, 0.3) is 0 Å². The molecule has 9 nitrogen and oxygen atoms in total. The van der Waals surface area contributed by atoms with E-state index < -0.39 is 21.7 Å². The van der Waals surface area contributed by atoms with Crippen molar-refractivity contribution in [3.63, 3.8) is 0 Å². The third-order valence-corrected chi connectivity index (χ3v) is 9.28. The molecule has 0 radical (unpaired) electrons. The summed E-state index contributed by atoms with van der Waals surface area (Å²) in [5.74, 6) is 0. The van der Waals surface area contributed by atoms with Crippen LogP contribution in [0.2, 0.25) is 10.0 Å². The number of hydrogen-bond acceptors (Lipinski definition) is 9. The van der Waals surface area contributed by atoms with Gasteiger partial charge in [0, 0.05) is 18.8 Å². The number of ether oxygens (including phenoxy) is 1. The molecule has 180 valence electrons. The van der Waals surface area contributed by atoms with Crippen molar-refractivity contribution in [3.8, 4) is 0 Å². The van der Waals surface area contributed by atoms with Gasteiger partial charge in [0.2, 0.25) is 10.0 Å². The summed E-state index contributed by atoms with van der Waals surface area (Å²) in [5.41, 5.74) is 14.5. The van der Waals surface area contributed by atoms with E-state index in [0.717, 1.165) is 0 Å². The summed E-state index contributed by atoms with van der Waals surface area (Å²) < 4.78 is 32.6. The maximum Gasteiger partial charge on any atom is 0.243 e. The molecule has 34 heavy (non-hydrogen) atoms. The highest BCUT2D eigenvalue weighted by atomic mass is 35.5. The van der Waals surface area contributed by atoms with Crippen LogP contribution in [-0.2, 0) is 14.8 Å². The fourth-order valence-electron chi connectivity index (χ4n) is 4.07. The minimum Gasteiger partial charge on any atom is -0.379 e. The molecule has 3 aliphatic heterocycles. The van der Waals surface area contributed by atoms with E-state index in [4.69, 9.17) is 39.4 Å². The number of rotatable bonds is 4. The second kappa shape index (κ2) is 9.32. The molecule has 0 amide bonds. The van der Waals surface area contributed by atoms with Crippen molar-refractivity contribution >= 4 is 62.7 Å². The lowest BCUT2D eigenvalue weighted by Gasteiger charge is -2.36. The molecule has 0 aromatic heterocycles. The van der Waals surface area contributed by atoms with Gasteiger partial charge in [-0.15, -0.1) is 0 Å². The number of aliphatic imine (C=N–C) groups is 1. The van der Waals surface area contributed by atoms with Crippen molar-refractivity contribution in [1.82, 2.24) is 4.31 Å². The van der Waals surface area contributed by atoms with E-state index in [-0.39, 0.29) is 4.90 Å². The molecule has 0 bridgehead atoms. The Hall–Kier alpha value is -1.83. The zero-order chi connectivity index (χ0) is 24.0. The summed E-state index contributed by atoms with van der Waals surface area (Å²) in [5, 5.41) is 1.57. The van der Waals surface area contributed by atoms with Crippen LogP contribution in [0.3, 0.4) is 0 Å². The van der Waals surface area contributed by atoms with Crippen molar-refractivity contribution < 1.29 is 13.2 Å². The van der Waals surface area contributed by atoms with E-state index >= 15 is 0 Å². The number of morpholine rings is 1. The van der Waals surface area contributed by atoms with E-state index in [0.29, 0.717) is 58.4 Å². The van der Waals surface area contributed by atoms with Crippen molar-refractivity contribution in [2.75, 3.05) is 36.1 Å². The number of benzene rings is 2. The smallest absolute Gasteiger partial charge is 0.243 e. The molecule has 3 aliphatic rings. The topological polar surface area (TPSA) is 117 Å². The lowest BCUT2D eigenvalue weighted by Crippen LogP contribution is -2.50. The van der Waals surface area contributed by atoms with Crippen LogP contribution in [0.1, 0.15) is 0 Å². The molecule has 2 atom stereocenters. The van der Waals surface area contributed by atoms with E-state index in [1.54, 1.807) is 58.6 Å². The van der Waals surface area contributed by atoms with Gasteiger partial charge in [0.05, 0.1) is 45.9 Å². The Morgan fingerprint density at radius 1 is 1.03 bits per heavy atom. The first-order valence-electron chi connectivity index (χ1n) is 10.4. The Morgan fingerprint density at radius 3 is 2.32 bits per heavy atom. The zero-order valence-electron chi connectivity index (χ0n) is 17.8. The number of para-hydroxylation sites is 1. The quantitative estimate of drug-likeness (QED) is 0.607. The van der Waals surface area contributed by atoms with Gasteiger partial charge in [-0.2, -0.15) is 4.31 Å². The summed E-state index contributed by atoms with van der Waals surface area (Å²) in [6, 6.07) is 11.8. The highest BCUT2D eigenvalue weighted by Crippen LogP contribution is 2.47. The molecule has 4 N–H and O–H groups in total. The first-order chi connectivity index (χ1) is 16.3. The van der Waals surface area contributed by atoms with Gasteiger partial charge in [0.25, 0.3) is 0 Å². The van der Waals surface area contributed by atoms with Gasteiger partial charge in [-0.3, -0.25) is 0 Å². The molecule has 0 spiro atoms. The van der Waals surface area contributed by atoms with Crippen molar-refractivity contribution in [2.45, 2.75) is 16.6 Å². The van der Waals surface area contributed by atoms with Gasteiger partial charge in [-0.1, -0.05) is 41.0 Å². The minimum atomic E-state index is -3.60. The molecule has 13 heteroatoms. The Balaban J connectivity index is 1.43. The number of sulfonamides is 1. The predicted molar refractivity (Wildman–Crippen MR) is 136 cm³/mol. The Labute approximate surface area is 212 Å². The van der Waals surface area contributed by atoms with Crippen LogP contribution >= 0.6 is 35.0 Å². The first kappa shape index (κ1) is 23.9. The number of nitrogens with zero attached hydrogens (tertiary/aromatic N) is 4. The van der Waals surface area contributed by atoms with Gasteiger partial charge in [-0.25, -0.2) is 13.4 Å². The Kier molecular flexibility index (Phi) is 6.55. The van der Waals surface area contributed by atoms with Crippen LogP contribution in [0.15, 0.2) is 63.1 Å². The van der Waals surface area contributed by atoms with Gasteiger partial charge < -0.3 is 26.0 Å². The second-order valence-corrected chi connectivity index (χ2v) is 11.6. The fraction of sp³-hybridized carbons (Fsp3) is 0.286. The maximum atomic E-state index is 12.9. The molecule has 0 aliphatic carbocycles. The minimum absolute atomic E-state index is 0.212. The molecule has 1 fully saturated rings. The number of anilines is 2. The lowest BCUT2D eigenvalue weighted by molar-refractivity contribution is 0.0730. The number of halogens is 2. The molecular weight excluding hydrogens is 519 g/mol. The highest BCUT2D eigenvalue weighted by molar-refractivity contribution is 8.04. The van der Waals surface area contributed by atoms with Crippen LogP contribution < -0.4 is 21.3 Å². The first-order valence-corrected chi connectivity index (χ1v) is 13.5. The molecule has 5 rings (SSSR count). The van der Waals surface area contributed by atoms with Crippen molar-refractivity contribution in [2.24, 2.45) is 16.5 Å². The summed E-state index contributed by atoms with van der Waals surface area (Å²) in [4.78, 5) is 8.31. The highest BCUT2D eigenvalue weighted by Gasteiger charge is 2.40. The van der Waals surface area contributed by atoms with Crippen molar-refractivity contribution in [1.29, 1.82) is 0 Å². The molecule has 2 aromatic rings. The molecule has 0 saturated carbocycles. The van der Waals surface area contributed by atoms with Crippen LogP contribution in [-0.4, -0.2) is 57.0 Å². The summed E-state index contributed by atoms with van der Waals surface area (Å²) in [6.45, 7) is 1.45. The molecule has 3 heterocycles. The van der Waals surface area contributed by atoms with Crippen molar-refractivity contribution in [3.05, 3.63) is 63.2 Å². The van der Waals surface area contributed by atoms with E-state index in [1.807, 2.05) is 0 Å². The maximum absolute atomic E-state index is 12.9. The van der Waals surface area contributed by atoms with Gasteiger partial charge >= 0.3 is 0 Å². The normalized spacial score (nSPS) is 23.5. The standard InChI is InChI=1S/C21H22Cl2N6O3S2/c22-15-2-1-3-16(23)17(15)29-18-19(24)28(12-26-20(18)33-21(29)25)13-4-6-14(7-5-13)34(30,31)27-8-10-32-11-9-27/h1-7,12,19,21H,8-11,24-25H2. The third-order valence-electron chi connectivity index (χ3n) is 5.77. The Bertz CT molecular complexity index is 1250. The van der Waals surface area contributed by atoms with E-state index in [9.17, 15) is 8.42 Å². The van der Waals surface area contributed by atoms with Crippen LogP contribution in [0.4, 0.5) is 11.4 Å². The van der Waals surface area contributed by atoms with Crippen LogP contribution in [0, 0.1) is 0 Å². The summed E-state index contributed by atoms with van der Waals surface area (Å²) in [6.07, 6.45) is 0.967. The largest absolute Gasteiger partial charge is 0.379 e. The second-order valence-electron chi connectivity index (χ2n) is 7.75. The SMILES string of the molecule is NC1C2=C(N=CN1c1ccc(S(=O)(=O)N3CCOCC3)cc1)SC(N)N2c1c(Cl)cccc1Cl. The number of hydrogen-bond donors (Lipinski definition) is 2. The lowest BCUT2D eigenvalue weighted by atomic mass is 10.2. The fourth-order valence-corrected chi connectivity index (χ4v) is 7.06. The molecular formula is C21H22Cl2N6O3S2. The molecule has 2 unspecified atom stereocenters. The zero-order valence-corrected chi connectivity index (χ0v) is 21.0. The molecule has 2 aromatic carbocycles. The predicted octanol–water partition coefficient (Wildman–Crippen LogP) is 2.81. The average Bonchev–Trinajstić information content (AvgIpc) is 3.16. The molecule has 1 saturated heterocycles. The third kappa shape index (κ3) is 4.10. The van der Waals surface area contributed by atoms with Gasteiger partial charge in [0.1, 0.15) is 16.7 Å². The van der Waals surface area contributed by atoms with E-state index in [2.05, 4.69) is 4.99 Å². The van der Waals surface area contributed by atoms with Gasteiger partial charge in [-0.05, 0) is 36.4 Å². The Morgan fingerprint density at radius 2 is 1.68 bits per heavy atom. The monoisotopic (exact) mass is 540 g/mol. The number of nitrogens with two attached hydrogens (primary N) is 2.